The fourth-order valence-electron chi connectivity index (χ4n) is 9.83. The highest BCUT2D eigenvalue weighted by Gasteiger charge is 2.23. The highest BCUT2D eigenvalue weighted by molar-refractivity contribution is 6.68. The van der Waals surface area contributed by atoms with Gasteiger partial charge in [-0.1, -0.05) is 120 Å². The summed E-state index contributed by atoms with van der Waals surface area (Å²) in [5, 5.41) is 6.76. The molecular formula is C51H36B5N5O. The highest BCUT2D eigenvalue weighted by atomic mass is 16.3. The summed E-state index contributed by atoms with van der Waals surface area (Å²) >= 11 is 0. The van der Waals surface area contributed by atoms with Gasteiger partial charge in [-0.15, -0.1) is 16.4 Å². The standard InChI is InChI=1S/C51H36B5N5O/c52-43-42(44(53)46(55)47(56)45(43)54)50-57-49(58-51(59-50)61-38-19-8-5-13-30(38)31-14-6-9-20-39(31)61)36-17-10-16-35-34-24-22-29(26-41(34)62-48(35)36)60-37-18-7-4-15-32(37)33-23-21-28(25-40(33)60)27-11-2-1-3-12-27/h1-26H,52-56H2. The summed E-state index contributed by atoms with van der Waals surface area (Å²) in [4.78, 5) is 16.1. The average Bonchev–Trinajstić information content (AvgIpc) is 3.97. The molecule has 0 amide bonds. The molecule has 0 aliphatic carbocycles. The number of hydrogen-bond acceptors (Lipinski definition) is 4. The first-order chi connectivity index (χ1) is 30.3. The number of nitrogens with zero attached hydrogens (tertiary/aromatic N) is 5. The minimum absolute atomic E-state index is 0.558. The van der Waals surface area contributed by atoms with E-state index in [2.05, 4.69) is 206 Å². The average molecular weight is 789 g/mol. The molecule has 0 bridgehead atoms. The summed E-state index contributed by atoms with van der Waals surface area (Å²) in [5.41, 5.74) is 17.3. The molecule has 0 N–H and O–H groups in total. The van der Waals surface area contributed by atoms with Crippen molar-refractivity contribution in [1.29, 1.82) is 0 Å². The number of furan rings is 1. The molecule has 8 aromatic carbocycles. The lowest BCUT2D eigenvalue weighted by Gasteiger charge is -2.20. The third-order valence-corrected chi connectivity index (χ3v) is 13.4. The topological polar surface area (TPSA) is 61.7 Å². The second-order valence-electron chi connectivity index (χ2n) is 16.6. The lowest BCUT2D eigenvalue weighted by molar-refractivity contribution is 0.669. The zero-order chi connectivity index (χ0) is 41.8. The van der Waals surface area contributed by atoms with Gasteiger partial charge >= 0.3 is 0 Å². The smallest absolute Gasteiger partial charge is 0.238 e. The predicted octanol–water partition coefficient (Wildman–Crippen LogP) is 4.26. The second-order valence-corrected chi connectivity index (χ2v) is 16.6. The van der Waals surface area contributed by atoms with Crippen molar-refractivity contribution in [2.45, 2.75) is 0 Å². The Bertz CT molecular complexity index is 3750. The highest BCUT2D eigenvalue weighted by Crippen LogP contribution is 2.40. The predicted molar refractivity (Wildman–Crippen MR) is 273 cm³/mol. The molecule has 0 saturated carbocycles. The van der Waals surface area contributed by atoms with Crippen LogP contribution in [0.5, 0.6) is 0 Å². The van der Waals surface area contributed by atoms with E-state index in [-0.39, 0.29) is 0 Å². The summed E-state index contributed by atoms with van der Waals surface area (Å²) in [6.45, 7) is 0. The van der Waals surface area contributed by atoms with Gasteiger partial charge in [0, 0.05) is 49.6 Å². The number of rotatable bonds is 5. The summed E-state index contributed by atoms with van der Waals surface area (Å²) in [6.07, 6.45) is 0. The van der Waals surface area contributed by atoms with Gasteiger partial charge in [0.2, 0.25) is 5.95 Å². The molecule has 0 fully saturated rings. The molecule has 0 atom stereocenters. The Balaban J connectivity index is 1.09. The van der Waals surface area contributed by atoms with Crippen LogP contribution in [0.4, 0.5) is 0 Å². The lowest BCUT2D eigenvalue weighted by Crippen LogP contribution is -2.55. The van der Waals surface area contributed by atoms with E-state index in [1.165, 1.54) is 49.2 Å². The Labute approximate surface area is 362 Å². The summed E-state index contributed by atoms with van der Waals surface area (Å²) in [5.74, 6) is 1.76. The SMILES string of the molecule is Bc1c(B)c(B)c(-c2nc(-c3cccc4c3oc3cc(-n5c6ccccc6c6ccc(-c7ccccc7)cc65)ccc34)nc(-n3c4ccccc4c4ccccc43)n2)c(B)c1B. The van der Waals surface area contributed by atoms with Gasteiger partial charge in [0.05, 0.1) is 27.6 Å². The minimum atomic E-state index is 0.558. The molecule has 11 heteroatoms. The van der Waals surface area contributed by atoms with Gasteiger partial charge in [0.25, 0.3) is 0 Å². The van der Waals surface area contributed by atoms with Crippen molar-refractivity contribution < 1.29 is 4.42 Å². The van der Waals surface area contributed by atoms with Crippen molar-refractivity contribution in [1.82, 2.24) is 24.1 Å². The Morgan fingerprint density at radius 3 is 1.61 bits per heavy atom. The summed E-state index contributed by atoms with van der Waals surface area (Å²) < 4.78 is 11.5. The molecule has 4 aromatic heterocycles. The maximum Gasteiger partial charge on any atom is 0.238 e. The van der Waals surface area contributed by atoms with E-state index in [1.807, 2.05) is 0 Å². The van der Waals surface area contributed by atoms with Crippen LogP contribution in [0, 0.1) is 0 Å². The Kier molecular flexibility index (Phi) is 8.07. The van der Waals surface area contributed by atoms with Crippen LogP contribution in [-0.4, -0.2) is 63.3 Å². The van der Waals surface area contributed by atoms with Crippen LogP contribution in [0.25, 0.3) is 111 Å². The summed E-state index contributed by atoms with van der Waals surface area (Å²) in [6, 6.07) is 55.8. The Morgan fingerprint density at radius 1 is 0.387 bits per heavy atom. The third-order valence-electron chi connectivity index (χ3n) is 13.4. The molecule has 6 nitrogen and oxygen atoms in total. The van der Waals surface area contributed by atoms with Crippen molar-refractivity contribution >= 4 is 132 Å². The van der Waals surface area contributed by atoms with Gasteiger partial charge in [-0.25, -0.2) is 4.98 Å². The van der Waals surface area contributed by atoms with Gasteiger partial charge < -0.3 is 8.98 Å². The van der Waals surface area contributed by atoms with Crippen LogP contribution in [0.1, 0.15) is 0 Å². The zero-order valence-corrected chi connectivity index (χ0v) is 35.2. The van der Waals surface area contributed by atoms with Gasteiger partial charge in [-0.2, -0.15) is 9.97 Å². The van der Waals surface area contributed by atoms with E-state index < -0.39 is 0 Å². The number of aromatic nitrogens is 5. The Morgan fingerprint density at radius 2 is 0.935 bits per heavy atom. The maximum absolute atomic E-state index is 6.99. The number of hydrogen-bond donors (Lipinski definition) is 0. The second kappa shape index (κ2) is 13.8. The molecule has 0 unspecified atom stereocenters. The molecule has 0 aliphatic rings. The quantitative estimate of drug-likeness (QED) is 0.245. The van der Waals surface area contributed by atoms with E-state index in [0.29, 0.717) is 17.6 Å². The van der Waals surface area contributed by atoms with Gasteiger partial charge in [-0.05, 0) is 53.6 Å². The van der Waals surface area contributed by atoms with E-state index >= 15 is 0 Å². The fraction of sp³-hybridized carbons (Fsp3) is 0. The molecule has 12 aromatic rings. The van der Waals surface area contributed by atoms with Crippen LogP contribution in [0.2, 0.25) is 0 Å². The fourth-order valence-corrected chi connectivity index (χ4v) is 9.83. The minimum Gasteiger partial charge on any atom is -0.455 e. The van der Waals surface area contributed by atoms with Crippen molar-refractivity contribution in [3.8, 4) is 45.5 Å². The van der Waals surface area contributed by atoms with Crippen molar-refractivity contribution in [2.75, 3.05) is 0 Å². The lowest BCUT2D eigenvalue weighted by atomic mass is 9.60. The molecule has 4 heterocycles. The van der Waals surface area contributed by atoms with Crippen LogP contribution in [0.15, 0.2) is 162 Å². The molecular weight excluding hydrogens is 753 g/mol. The molecule has 0 radical (unpaired) electrons. The van der Waals surface area contributed by atoms with Gasteiger partial charge in [0.1, 0.15) is 50.4 Å². The van der Waals surface area contributed by atoms with Crippen molar-refractivity contribution in [3.63, 3.8) is 0 Å². The van der Waals surface area contributed by atoms with Crippen LogP contribution < -0.4 is 27.3 Å². The van der Waals surface area contributed by atoms with E-state index in [0.717, 1.165) is 71.6 Å². The van der Waals surface area contributed by atoms with Crippen LogP contribution >= 0.6 is 0 Å². The third kappa shape index (κ3) is 5.34. The van der Waals surface area contributed by atoms with Crippen molar-refractivity contribution in [3.05, 3.63) is 158 Å². The first kappa shape index (κ1) is 36.4. The molecule has 12 rings (SSSR count). The van der Waals surface area contributed by atoms with E-state index in [9.17, 15) is 0 Å². The number of para-hydroxylation sites is 4. The maximum atomic E-state index is 6.99. The molecule has 0 aliphatic heterocycles. The first-order valence-corrected chi connectivity index (χ1v) is 21.2. The van der Waals surface area contributed by atoms with Gasteiger partial charge in [0.15, 0.2) is 11.6 Å². The normalized spacial score (nSPS) is 11.9. The number of benzene rings is 8. The van der Waals surface area contributed by atoms with Crippen LogP contribution in [-0.2, 0) is 0 Å². The molecule has 62 heavy (non-hydrogen) atoms. The van der Waals surface area contributed by atoms with E-state index in [1.54, 1.807) is 0 Å². The van der Waals surface area contributed by atoms with Crippen LogP contribution in [0.3, 0.4) is 0 Å². The molecule has 0 spiro atoms. The van der Waals surface area contributed by atoms with Crippen molar-refractivity contribution in [2.24, 2.45) is 0 Å². The largest absolute Gasteiger partial charge is 0.455 e. The first-order valence-electron chi connectivity index (χ1n) is 21.2. The zero-order valence-electron chi connectivity index (χ0n) is 35.2. The molecule has 0 saturated heterocycles. The number of fused-ring (bicyclic) bond motifs is 9. The van der Waals surface area contributed by atoms with Gasteiger partial charge in [-0.3, -0.25) is 4.57 Å². The summed E-state index contributed by atoms with van der Waals surface area (Å²) in [7, 11) is 11.0. The monoisotopic (exact) mass is 789 g/mol. The van der Waals surface area contributed by atoms with E-state index in [4.69, 9.17) is 19.4 Å². The molecule has 286 valence electrons. The Hall–Kier alpha value is -7.51.